The summed E-state index contributed by atoms with van der Waals surface area (Å²) >= 11 is 0. The number of nitrogens with zero attached hydrogens (tertiary/aromatic N) is 1. The van der Waals surface area contributed by atoms with Crippen molar-refractivity contribution in [1.29, 1.82) is 0 Å². The van der Waals surface area contributed by atoms with Gasteiger partial charge in [0.15, 0.2) is 0 Å². The number of fused-ring (bicyclic) bond motifs is 1. The highest BCUT2D eigenvalue weighted by molar-refractivity contribution is 5.98. The van der Waals surface area contributed by atoms with E-state index < -0.39 is 42.0 Å². The van der Waals surface area contributed by atoms with Crippen LogP contribution in [-0.2, 0) is 9.59 Å². The normalized spacial score (nSPS) is 24.8. The lowest BCUT2D eigenvalue weighted by Gasteiger charge is -2.33. The zero-order chi connectivity index (χ0) is 18.8. The summed E-state index contributed by atoms with van der Waals surface area (Å²) in [7, 11) is 0. The Hall–Kier alpha value is -2.51. The molecule has 26 heavy (non-hydrogen) atoms. The summed E-state index contributed by atoms with van der Waals surface area (Å²) in [5.74, 6) is -4.04. The van der Waals surface area contributed by atoms with Gasteiger partial charge in [-0.3, -0.25) is 14.4 Å². The number of amides is 2. The molecular formula is C18H20F2N2O4. The standard InChI is InChI=1S/C18H20F2N2O4/c19-11-5-6-12(13(20)8-11)18(26)22-14-4-2-1-3-10(14)7-15(22)17(25)21-9-16(23)24/h5-6,8,10,14-15H,1-4,7,9H2,(H,21,25)(H,23,24). The van der Waals surface area contributed by atoms with Gasteiger partial charge < -0.3 is 15.3 Å². The molecule has 1 aromatic carbocycles. The molecule has 3 atom stereocenters. The van der Waals surface area contributed by atoms with Crippen molar-refractivity contribution in [3.63, 3.8) is 0 Å². The molecule has 1 heterocycles. The highest BCUT2D eigenvalue weighted by Gasteiger charge is 2.47. The minimum atomic E-state index is -1.18. The highest BCUT2D eigenvalue weighted by Crippen LogP contribution is 2.40. The number of hydrogen-bond acceptors (Lipinski definition) is 3. The number of carbonyl (C=O) groups excluding carboxylic acids is 2. The van der Waals surface area contributed by atoms with Crippen LogP contribution in [0, 0.1) is 17.6 Å². The maximum atomic E-state index is 14.1. The molecular weight excluding hydrogens is 346 g/mol. The number of rotatable bonds is 4. The molecule has 0 aromatic heterocycles. The van der Waals surface area contributed by atoms with Gasteiger partial charge in [0.1, 0.15) is 24.2 Å². The van der Waals surface area contributed by atoms with Crippen LogP contribution in [0.4, 0.5) is 8.78 Å². The lowest BCUT2D eigenvalue weighted by molar-refractivity contribution is -0.138. The first-order chi connectivity index (χ1) is 12.4. The smallest absolute Gasteiger partial charge is 0.322 e. The highest BCUT2D eigenvalue weighted by atomic mass is 19.1. The predicted molar refractivity (Wildman–Crippen MR) is 87.3 cm³/mol. The Balaban J connectivity index is 1.89. The molecule has 8 heteroatoms. The Morgan fingerprint density at radius 2 is 1.92 bits per heavy atom. The average molecular weight is 366 g/mol. The Morgan fingerprint density at radius 3 is 2.62 bits per heavy atom. The number of likely N-dealkylation sites (tertiary alicyclic amines) is 1. The second-order valence-electron chi connectivity index (χ2n) is 6.81. The van der Waals surface area contributed by atoms with E-state index in [1.165, 1.54) is 4.90 Å². The SMILES string of the molecule is O=C(O)CNC(=O)C1CC2CCCCC2N1C(=O)c1ccc(F)cc1F. The number of carboxylic acids is 1. The summed E-state index contributed by atoms with van der Waals surface area (Å²) in [6.07, 6.45) is 3.90. The number of carbonyl (C=O) groups is 3. The largest absolute Gasteiger partial charge is 0.480 e. The molecule has 2 N–H and O–H groups in total. The number of carboxylic acid groups (broad SMARTS) is 1. The van der Waals surface area contributed by atoms with Crippen LogP contribution < -0.4 is 5.32 Å². The van der Waals surface area contributed by atoms with Crippen LogP contribution in [0.25, 0.3) is 0 Å². The van der Waals surface area contributed by atoms with Crippen LogP contribution >= 0.6 is 0 Å². The number of benzene rings is 1. The van der Waals surface area contributed by atoms with Gasteiger partial charge in [-0.1, -0.05) is 12.8 Å². The second kappa shape index (κ2) is 7.39. The molecule has 0 spiro atoms. The first kappa shape index (κ1) is 18.3. The third-order valence-corrected chi connectivity index (χ3v) is 5.20. The van der Waals surface area contributed by atoms with E-state index in [1.807, 2.05) is 0 Å². The van der Waals surface area contributed by atoms with Crippen LogP contribution in [0.15, 0.2) is 18.2 Å². The van der Waals surface area contributed by atoms with E-state index in [-0.39, 0.29) is 17.5 Å². The van der Waals surface area contributed by atoms with Gasteiger partial charge in [0.25, 0.3) is 5.91 Å². The van der Waals surface area contributed by atoms with Crippen molar-refractivity contribution >= 4 is 17.8 Å². The van der Waals surface area contributed by atoms with Crippen molar-refractivity contribution in [2.24, 2.45) is 5.92 Å². The minimum absolute atomic E-state index is 0.122. The summed E-state index contributed by atoms with van der Waals surface area (Å²) in [6, 6.07) is 1.68. The maximum Gasteiger partial charge on any atom is 0.322 e. The molecule has 1 aliphatic carbocycles. The van der Waals surface area contributed by atoms with Gasteiger partial charge in [-0.05, 0) is 37.3 Å². The zero-order valence-electron chi connectivity index (χ0n) is 14.1. The number of hydrogen-bond donors (Lipinski definition) is 2. The lowest BCUT2D eigenvalue weighted by Crippen LogP contribution is -2.50. The maximum absolute atomic E-state index is 14.1. The van der Waals surface area contributed by atoms with Gasteiger partial charge in [-0.2, -0.15) is 0 Å². The van der Waals surface area contributed by atoms with Crippen LogP contribution in [0.3, 0.4) is 0 Å². The van der Waals surface area contributed by atoms with E-state index in [1.54, 1.807) is 0 Å². The third-order valence-electron chi connectivity index (χ3n) is 5.20. The molecule has 0 bridgehead atoms. The molecule has 2 amide bonds. The molecule has 3 rings (SSSR count). The Morgan fingerprint density at radius 1 is 1.19 bits per heavy atom. The van der Waals surface area contributed by atoms with E-state index in [9.17, 15) is 23.2 Å². The number of nitrogens with one attached hydrogen (secondary N) is 1. The van der Waals surface area contributed by atoms with Crippen LogP contribution in [0.1, 0.15) is 42.5 Å². The van der Waals surface area contributed by atoms with Gasteiger partial charge in [-0.25, -0.2) is 8.78 Å². The van der Waals surface area contributed by atoms with Crippen molar-refractivity contribution in [2.75, 3.05) is 6.54 Å². The molecule has 1 saturated heterocycles. The van der Waals surface area contributed by atoms with E-state index >= 15 is 0 Å². The molecule has 1 saturated carbocycles. The summed E-state index contributed by atoms with van der Waals surface area (Å²) < 4.78 is 27.2. The lowest BCUT2D eigenvalue weighted by atomic mass is 9.84. The Labute approximate surface area is 149 Å². The number of aliphatic carboxylic acids is 1. The fraction of sp³-hybridized carbons (Fsp3) is 0.500. The van der Waals surface area contributed by atoms with Crippen molar-refractivity contribution in [3.8, 4) is 0 Å². The summed E-state index contributed by atoms with van der Waals surface area (Å²) in [6.45, 7) is -0.544. The molecule has 0 radical (unpaired) electrons. The average Bonchev–Trinajstić information content (AvgIpc) is 2.98. The predicted octanol–water partition coefficient (Wildman–Crippen LogP) is 1.94. The third kappa shape index (κ3) is 3.54. The zero-order valence-corrected chi connectivity index (χ0v) is 14.1. The summed E-state index contributed by atoms with van der Waals surface area (Å²) in [5, 5.41) is 11.1. The van der Waals surface area contributed by atoms with Crippen molar-refractivity contribution < 1.29 is 28.3 Å². The second-order valence-corrected chi connectivity index (χ2v) is 6.81. The van der Waals surface area contributed by atoms with Crippen LogP contribution in [0.5, 0.6) is 0 Å². The van der Waals surface area contributed by atoms with Crippen molar-refractivity contribution in [1.82, 2.24) is 10.2 Å². The molecule has 3 unspecified atom stereocenters. The molecule has 1 aliphatic heterocycles. The van der Waals surface area contributed by atoms with Crippen LogP contribution in [0.2, 0.25) is 0 Å². The molecule has 2 fully saturated rings. The van der Waals surface area contributed by atoms with Gasteiger partial charge >= 0.3 is 5.97 Å². The number of halogens is 2. The Bertz CT molecular complexity index is 740. The monoisotopic (exact) mass is 366 g/mol. The van der Waals surface area contributed by atoms with Gasteiger partial charge in [-0.15, -0.1) is 0 Å². The fourth-order valence-electron chi connectivity index (χ4n) is 4.07. The Kier molecular flexibility index (Phi) is 5.20. The summed E-state index contributed by atoms with van der Waals surface area (Å²) in [5.41, 5.74) is -0.284. The molecule has 2 aliphatic rings. The minimum Gasteiger partial charge on any atom is -0.480 e. The van der Waals surface area contributed by atoms with Crippen LogP contribution in [-0.4, -0.2) is 46.4 Å². The van der Waals surface area contributed by atoms with Crippen molar-refractivity contribution in [2.45, 2.75) is 44.2 Å². The quantitative estimate of drug-likeness (QED) is 0.853. The van der Waals surface area contributed by atoms with E-state index in [0.717, 1.165) is 31.4 Å². The first-order valence-electron chi connectivity index (χ1n) is 8.65. The first-order valence-corrected chi connectivity index (χ1v) is 8.65. The fourth-order valence-corrected chi connectivity index (χ4v) is 4.07. The summed E-state index contributed by atoms with van der Waals surface area (Å²) in [4.78, 5) is 37.5. The van der Waals surface area contributed by atoms with Gasteiger partial charge in [0, 0.05) is 12.1 Å². The van der Waals surface area contributed by atoms with E-state index in [4.69, 9.17) is 5.11 Å². The van der Waals surface area contributed by atoms with E-state index in [0.29, 0.717) is 18.9 Å². The van der Waals surface area contributed by atoms with Gasteiger partial charge in [0.05, 0.1) is 5.56 Å². The van der Waals surface area contributed by atoms with Gasteiger partial charge in [0.2, 0.25) is 5.91 Å². The molecule has 6 nitrogen and oxygen atoms in total. The topological polar surface area (TPSA) is 86.7 Å². The molecule has 140 valence electrons. The molecule has 1 aromatic rings. The van der Waals surface area contributed by atoms with Crippen molar-refractivity contribution in [3.05, 3.63) is 35.4 Å². The van der Waals surface area contributed by atoms with E-state index in [2.05, 4.69) is 5.32 Å².